The molecule has 1 N–H and O–H groups in total. The second-order valence-electron chi connectivity index (χ2n) is 11.1. The molecule has 0 aliphatic carbocycles. The summed E-state index contributed by atoms with van der Waals surface area (Å²) in [5.41, 5.74) is 2.63. The van der Waals surface area contributed by atoms with Crippen molar-refractivity contribution in [3.8, 4) is 0 Å². The molecule has 2 saturated heterocycles. The number of hydrogen-bond acceptors (Lipinski definition) is 3. The first-order chi connectivity index (χ1) is 17.8. The van der Waals surface area contributed by atoms with Gasteiger partial charge in [-0.25, -0.2) is 0 Å². The molecular formula is C33H49NO2. The van der Waals surface area contributed by atoms with Gasteiger partial charge in [-0.1, -0.05) is 145 Å². The largest absolute Gasteiger partial charge is 0.347 e. The number of benzene rings is 2. The van der Waals surface area contributed by atoms with E-state index in [0.29, 0.717) is 0 Å². The zero-order valence-corrected chi connectivity index (χ0v) is 22.6. The van der Waals surface area contributed by atoms with Crippen LogP contribution in [0.5, 0.6) is 0 Å². The van der Waals surface area contributed by atoms with Gasteiger partial charge >= 0.3 is 0 Å². The molecule has 0 amide bonds. The van der Waals surface area contributed by atoms with Crippen molar-refractivity contribution < 1.29 is 9.47 Å². The number of ether oxygens (including phenoxy) is 2. The van der Waals surface area contributed by atoms with Crippen molar-refractivity contribution in [1.29, 1.82) is 0 Å². The maximum Gasteiger partial charge on any atom is 0.172 e. The van der Waals surface area contributed by atoms with Crippen LogP contribution in [-0.2, 0) is 9.47 Å². The van der Waals surface area contributed by atoms with Crippen molar-refractivity contribution in [3.63, 3.8) is 0 Å². The fourth-order valence-electron chi connectivity index (χ4n) is 6.05. The first-order valence-electron chi connectivity index (χ1n) is 15.0. The highest BCUT2D eigenvalue weighted by atomic mass is 16.7. The summed E-state index contributed by atoms with van der Waals surface area (Å²) >= 11 is 0. The van der Waals surface area contributed by atoms with Crippen molar-refractivity contribution in [2.24, 2.45) is 0 Å². The molecule has 2 heterocycles. The van der Waals surface area contributed by atoms with Crippen molar-refractivity contribution in [3.05, 3.63) is 71.8 Å². The van der Waals surface area contributed by atoms with E-state index in [4.69, 9.17) is 9.47 Å². The van der Waals surface area contributed by atoms with Crippen LogP contribution in [0.4, 0.5) is 0 Å². The molecule has 2 fully saturated rings. The summed E-state index contributed by atoms with van der Waals surface area (Å²) in [4.78, 5) is 0. The van der Waals surface area contributed by atoms with E-state index in [-0.39, 0.29) is 18.2 Å². The van der Waals surface area contributed by atoms with Gasteiger partial charge in [0.25, 0.3) is 0 Å². The Morgan fingerprint density at radius 3 is 1.64 bits per heavy atom. The molecule has 3 unspecified atom stereocenters. The molecule has 0 aromatic heterocycles. The van der Waals surface area contributed by atoms with E-state index in [1.165, 1.54) is 88.2 Å². The molecule has 3 nitrogen and oxygen atoms in total. The van der Waals surface area contributed by atoms with Gasteiger partial charge in [0, 0.05) is 24.9 Å². The fourth-order valence-corrected chi connectivity index (χ4v) is 6.05. The van der Waals surface area contributed by atoms with Crippen LogP contribution in [0.25, 0.3) is 0 Å². The molecular weight excluding hydrogens is 442 g/mol. The van der Waals surface area contributed by atoms with Gasteiger partial charge < -0.3 is 14.8 Å². The van der Waals surface area contributed by atoms with Crippen LogP contribution in [0.15, 0.2) is 60.7 Å². The second kappa shape index (κ2) is 14.9. The molecule has 4 rings (SSSR count). The summed E-state index contributed by atoms with van der Waals surface area (Å²) < 4.78 is 13.2. The predicted octanol–water partition coefficient (Wildman–Crippen LogP) is 9.06. The molecule has 198 valence electrons. The summed E-state index contributed by atoms with van der Waals surface area (Å²) in [7, 11) is 0. The Bertz CT molecular complexity index is 792. The van der Waals surface area contributed by atoms with Gasteiger partial charge in [-0.2, -0.15) is 0 Å². The summed E-state index contributed by atoms with van der Waals surface area (Å²) in [6, 6.07) is 22.0. The van der Waals surface area contributed by atoms with Crippen molar-refractivity contribution in [2.75, 3.05) is 6.61 Å². The van der Waals surface area contributed by atoms with Crippen LogP contribution in [0.3, 0.4) is 0 Å². The Labute approximate surface area is 220 Å². The highest BCUT2D eigenvalue weighted by molar-refractivity contribution is 5.25. The van der Waals surface area contributed by atoms with Crippen molar-refractivity contribution in [2.45, 2.75) is 127 Å². The average Bonchev–Trinajstić information content (AvgIpc) is 3.31. The van der Waals surface area contributed by atoms with Gasteiger partial charge in [-0.3, -0.25) is 0 Å². The third-order valence-electron chi connectivity index (χ3n) is 8.13. The van der Waals surface area contributed by atoms with Crippen molar-refractivity contribution in [1.82, 2.24) is 5.32 Å². The summed E-state index contributed by atoms with van der Waals surface area (Å²) in [6.07, 6.45) is 19.8. The standard InChI is InChI=1S/C33H49NO2/c1-2-3-4-5-6-7-8-9-10-11-12-19-24-30-27-35-33(36-30)25-31(28-20-15-13-16-21-28)34-32(26-33)29-22-17-14-18-23-29/h13-18,20-23,30-32,34H,2-12,19,24-27H2,1H3. The van der Waals surface area contributed by atoms with E-state index in [9.17, 15) is 0 Å². The van der Waals surface area contributed by atoms with E-state index in [0.717, 1.165) is 25.9 Å². The van der Waals surface area contributed by atoms with E-state index in [1.54, 1.807) is 0 Å². The minimum atomic E-state index is -0.478. The number of piperidine rings is 1. The van der Waals surface area contributed by atoms with Gasteiger partial charge in [0.15, 0.2) is 5.79 Å². The molecule has 1 spiro atoms. The zero-order chi connectivity index (χ0) is 24.9. The predicted molar refractivity (Wildman–Crippen MR) is 150 cm³/mol. The SMILES string of the molecule is CCCCCCCCCCCCCCC1COC2(CC(c3ccccc3)NC(c3ccccc3)C2)O1. The molecule has 3 atom stereocenters. The lowest BCUT2D eigenvalue weighted by atomic mass is 9.86. The molecule has 2 aliphatic heterocycles. The van der Waals surface area contributed by atoms with Crippen LogP contribution in [0.1, 0.15) is 126 Å². The molecule has 2 aliphatic rings. The molecule has 0 radical (unpaired) electrons. The van der Waals surface area contributed by atoms with E-state index >= 15 is 0 Å². The molecule has 2 aromatic rings. The zero-order valence-electron chi connectivity index (χ0n) is 22.6. The van der Waals surface area contributed by atoms with Gasteiger partial charge in [0.2, 0.25) is 0 Å². The van der Waals surface area contributed by atoms with Gasteiger partial charge in [0.1, 0.15) is 0 Å². The van der Waals surface area contributed by atoms with Gasteiger partial charge in [-0.05, 0) is 17.5 Å². The maximum absolute atomic E-state index is 6.73. The summed E-state index contributed by atoms with van der Waals surface area (Å²) in [6.45, 7) is 3.03. The minimum Gasteiger partial charge on any atom is -0.347 e. The normalized spacial score (nSPS) is 26.0. The number of rotatable bonds is 15. The quantitative estimate of drug-likeness (QED) is 0.252. The number of unbranched alkanes of at least 4 members (excludes halogenated alkanes) is 11. The van der Waals surface area contributed by atoms with Crippen molar-refractivity contribution >= 4 is 0 Å². The van der Waals surface area contributed by atoms with Crippen LogP contribution < -0.4 is 5.32 Å². The Morgan fingerprint density at radius 1 is 0.667 bits per heavy atom. The molecule has 0 saturated carbocycles. The first-order valence-corrected chi connectivity index (χ1v) is 15.0. The van der Waals surface area contributed by atoms with Crippen LogP contribution in [0, 0.1) is 0 Å². The highest BCUT2D eigenvalue weighted by Crippen LogP contribution is 2.45. The van der Waals surface area contributed by atoms with Crippen LogP contribution in [0.2, 0.25) is 0 Å². The molecule has 3 heteroatoms. The Morgan fingerprint density at radius 2 is 1.14 bits per heavy atom. The summed E-state index contributed by atoms with van der Waals surface area (Å²) in [5.74, 6) is -0.478. The molecule has 0 bridgehead atoms. The van der Waals surface area contributed by atoms with Gasteiger partial charge in [-0.15, -0.1) is 0 Å². The molecule has 36 heavy (non-hydrogen) atoms. The lowest BCUT2D eigenvalue weighted by Gasteiger charge is -2.42. The van der Waals surface area contributed by atoms with E-state index in [2.05, 4.69) is 72.9 Å². The number of nitrogens with one attached hydrogen (secondary N) is 1. The lowest BCUT2D eigenvalue weighted by molar-refractivity contribution is -0.199. The number of hydrogen-bond donors (Lipinski definition) is 1. The first kappa shape index (κ1) is 27.4. The monoisotopic (exact) mass is 491 g/mol. The Hall–Kier alpha value is -1.68. The van der Waals surface area contributed by atoms with Gasteiger partial charge in [0.05, 0.1) is 12.7 Å². The third-order valence-corrected chi connectivity index (χ3v) is 8.13. The highest BCUT2D eigenvalue weighted by Gasteiger charge is 2.48. The fraction of sp³-hybridized carbons (Fsp3) is 0.636. The van der Waals surface area contributed by atoms with E-state index < -0.39 is 5.79 Å². The second-order valence-corrected chi connectivity index (χ2v) is 11.1. The topological polar surface area (TPSA) is 30.5 Å². The van der Waals surface area contributed by atoms with E-state index in [1.807, 2.05) is 0 Å². The molecule has 2 aromatic carbocycles. The smallest absolute Gasteiger partial charge is 0.172 e. The Balaban J connectivity index is 1.19. The Kier molecular flexibility index (Phi) is 11.3. The average molecular weight is 492 g/mol. The van der Waals surface area contributed by atoms with Crippen LogP contribution >= 0.6 is 0 Å². The maximum atomic E-state index is 6.73. The lowest BCUT2D eigenvalue weighted by Crippen LogP contribution is -2.46. The van der Waals surface area contributed by atoms with Crippen LogP contribution in [-0.4, -0.2) is 18.5 Å². The third kappa shape index (κ3) is 8.43. The minimum absolute atomic E-state index is 0.232. The summed E-state index contributed by atoms with van der Waals surface area (Å²) in [5, 5.41) is 3.89.